The molecule has 2 saturated heterocycles. The van der Waals surface area contributed by atoms with Crippen molar-refractivity contribution < 1.29 is 14.3 Å². The molecule has 3 aliphatic rings. The van der Waals surface area contributed by atoms with Gasteiger partial charge in [-0.1, -0.05) is 13.8 Å². The molecule has 3 N–H and O–H groups in total. The van der Waals surface area contributed by atoms with E-state index < -0.39 is 5.54 Å². The number of carbonyl (C=O) groups excluding carboxylic acids is 2. The topological polar surface area (TPSA) is 84.7 Å². The first-order chi connectivity index (χ1) is 9.78. The maximum absolute atomic E-state index is 12.8. The van der Waals surface area contributed by atoms with E-state index in [0.29, 0.717) is 13.0 Å². The van der Waals surface area contributed by atoms with E-state index in [1.54, 1.807) is 11.9 Å². The van der Waals surface area contributed by atoms with Crippen LogP contribution in [0.5, 0.6) is 0 Å². The summed E-state index contributed by atoms with van der Waals surface area (Å²) in [4.78, 5) is 26.0. The predicted octanol–water partition coefficient (Wildman–Crippen LogP) is 0.288. The van der Waals surface area contributed by atoms with Gasteiger partial charge in [0, 0.05) is 38.0 Å². The second kappa shape index (κ2) is 5.65. The highest BCUT2D eigenvalue weighted by molar-refractivity contribution is 5.90. The molecule has 3 rings (SSSR count). The second-order valence-corrected chi connectivity index (χ2v) is 7.28. The third-order valence-corrected chi connectivity index (χ3v) is 5.74. The Morgan fingerprint density at radius 3 is 2.73 bits per heavy atom. The summed E-state index contributed by atoms with van der Waals surface area (Å²) in [6.07, 6.45) is 2.31. The van der Waals surface area contributed by atoms with Gasteiger partial charge in [-0.2, -0.15) is 0 Å². The molecule has 3 fully saturated rings. The van der Waals surface area contributed by atoms with E-state index in [2.05, 4.69) is 5.32 Å². The molecular weight excluding hydrogens is 306 g/mol. The van der Waals surface area contributed by atoms with Crippen molar-refractivity contribution in [3.05, 3.63) is 0 Å². The fourth-order valence-corrected chi connectivity index (χ4v) is 4.30. The Hall–Kier alpha value is -0.850. The summed E-state index contributed by atoms with van der Waals surface area (Å²) in [6.45, 7) is 5.33. The molecule has 0 radical (unpaired) electrons. The van der Waals surface area contributed by atoms with E-state index in [1.165, 1.54) is 0 Å². The summed E-state index contributed by atoms with van der Waals surface area (Å²) in [5.41, 5.74) is 5.26. The minimum atomic E-state index is -0.901. The normalized spacial score (nSPS) is 39.5. The lowest BCUT2D eigenvalue weighted by atomic mass is 9.46. The first kappa shape index (κ1) is 17.5. The van der Waals surface area contributed by atoms with Crippen LogP contribution in [0.4, 0.5) is 0 Å². The largest absolute Gasteiger partial charge is 0.377 e. The van der Waals surface area contributed by atoms with Gasteiger partial charge in [-0.3, -0.25) is 9.59 Å². The number of carbonyl (C=O) groups is 2. The molecule has 2 heterocycles. The number of hydrogen-bond donors (Lipinski definition) is 2. The predicted molar refractivity (Wildman–Crippen MR) is 84.6 cm³/mol. The molecule has 0 bridgehead atoms. The van der Waals surface area contributed by atoms with Crippen molar-refractivity contribution in [1.29, 1.82) is 0 Å². The van der Waals surface area contributed by atoms with E-state index in [0.717, 1.165) is 19.4 Å². The summed E-state index contributed by atoms with van der Waals surface area (Å²) in [6, 6.07) is -0.130. The number of amides is 2. The number of hydrogen-bond acceptors (Lipinski definition) is 4. The third kappa shape index (κ3) is 2.23. The minimum Gasteiger partial charge on any atom is -0.377 e. The summed E-state index contributed by atoms with van der Waals surface area (Å²) in [7, 11) is 1.75. The number of likely N-dealkylation sites (N-methyl/N-ethyl adjacent to an activating group) is 1. The Labute approximate surface area is 137 Å². The van der Waals surface area contributed by atoms with Crippen LogP contribution in [-0.4, -0.2) is 54.6 Å². The van der Waals surface area contributed by atoms with Gasteiger partial charge in [-0.15, -0.1) is 12.4 Å². The van der Waals surface area contributed by atoms with E-state index in [9.17, 15) is 9.59 Å². The maximum Gasteiger partial charge on any atom is 0.241 e. The van der Waals surface area contributed by atoms with Gasteiger partial charge in [0.2, 0.25) is 11.8 Å². The van der Waals surface area contributed by atoms with Crippen LogP contribution in [0, 0.1) is 11.3 Å². The molecule has 2 amide bonds. The highest BCUT2D eigenvalue weighted by Gasteiger charge is 2.70. The summed E-state index contributed by atoms with van der Waals surface area (Å²) >= 11 is 0. The van der Waals surface area contributed by atoms with Crippen LogP contribution >= 0.6 is 12.4 Å². The van der Waals surface area contributed by atoms with Crippen molar-refractivity contribution in [3.63, 3.8) is 0 Å². The number of likely N-dealkylation sites (tertiary alicyclic amines) is 1. The number of halogens is 1. The van der Waals surface area contributed by atoms with Crippen LogP contribution < -0.4 is 11.1 Å². The van der Waals surface area contributed by atoms with Crippen molar-refractivity contribution in [1.82, 2.24) is 10.2 Å². The standard InChI is InChI=1S/C15H25N3O3.ClH/c1-14(2)12-10(5-4-6-21-12)15(14,16)13(20)17-9-7-11(19)18(3)8-9;/h9-10,12H,4-8,16H2,1-3H3,(H,17,20);1H. The van der Waals surface area contributed by atoms with E-state index in [-0.39, 0.29) is 47.7 Å². The highest BCUT2D eigenvalue weighted by atomic mass is 35.5. The van der Waals surface area contributed by atoms with Crippen LogP contribution in [0.25, 0.3) is 0 Å². The zero-order chi connectivity index (χ0) is 15.4. The molecular formula is C15H26ClN3O3. The summed E-state index contributed by atoms with van der Waals surface area (Å²) in [5.74, 6) is 0.0153. The fourth-order valence-electron chi connectivity index (χ4n) is 4.30. The molecule has 22 heavy (non-hydrogen) atoms. The number of fused-ring (bicyclic) bond motifs is 1. The third-order valence-electron chi connectivity index (χ3n) is 5.74. The van der Waals surface area contributed by atoms with E-state index >= 15 is 0 Å². The Bertz CT molecular complexity index is 485. The Morgan fingerprint density at radius 1 is 1.45 bits per heavy atom. The zero-order valence-electron chi connectivity index (χ0n) is 13.4. The minimum absolute atomic E-state index is 0. The van der Waals surface area contributed by atoms with Gasteiger partial charge in [0.05, 0.1) is 12.1 Å². The lowest BCUT2D eigenvalue weighted by molar-refractivity contribution is -0.225. The quantitative estimate of drug-likeness (QED) is 0.761. The van der Waals surface area contributed by atoms with Crippen molar-refractivity contribution in [2.24, 2.45) is 17.1 Å². The Kier molecular flexibility index (Phi) is 4.50. The second-order valence-electron chi connectivity index (χ2n) is 7.28. The van der Waals surface area contributed by atoms with Gasteiger partial charge < -0.3 is 20.7 Å². The molecule has 0 aromatic heterocycles. The number of rotatable bonds is 2. The average Bonchev–Trinajstić information content (AvgIpc) is 2.76. The molecule has 0 aromatic rings. The average molecular weight is 332 g/mol. The van der Waals surface area contributed by atoms with Crippen molar-refractivity contribution in [2.75, 3.05) is 20.2 Å². The first-order valence-electron chi connectivity index (χ1n) is 7.74. The van der Waals surface area contributed by atoms with Crippen LogP contribution in [0.1, 0.15) is 33.1 Å². The molecule has 1 saturated carbocycles. The van der Waals surface area contributed by atoms with Gasteiger partial charge >= 0.3 is 0 Å². The van der Waals surface area contributed by atoms with Crippen molar-refractivity contribution in [2.45, 2.75) is 50.8 Å². The first-order valence-corrected chi connectivity index (χ1v) is 7.74. The Balaban J connectivity index is 0.00000176. The van der Waals surface area contributed by atoms with Gasteiger partial charge in [-0.05, 0) is 12.8 Å². The van der Waals surface area contributed by atoms with Gasteiger partial charge in [0.1, 0.15) is 5.54 Å². The van der Waals surface area contributed by atoms with Crippen LogP contribution in [0.2, 0.25) is 0 Å². The number of nitrogens with zero attached hydrogens (tertiary/aromatic N) is 1. The fraction of sp³-hybridized carbons (Fsp3) is 0.867. The SMILES string of the molecule is CN1CC(NC(=O)C2(N)C3CCCOC3C2(C)C)CC1=O.Cl. The number of nitrogens with two attached hydrogens (primary N) is 1. The molecule has 4 atom stereocenters. The summed E-state index contributed by atoms with van der Waals surface area (Å²) < 4.78 is 5.82. The van der Waals surface area contributed by atoms with Gasteiger partial charge in [-0.25, -0.2) is 0 Å². The van der Waals surface area contributed by atoms with Crippen LogP contribution in [0.15, 0.2) is 0 Å². The van der Waals surface area contributed by atoms with E-state index in [1.807, 2.05) is 13.8 Å². The number of nitrogens with one attached hydrogen (secondary N) is 1. The van der Waals surface area contributed by atoms with Crippen molar-refractivity contribution >= 4 is 24.2 Å². The monoisotopic (exact) mass is 331 g/mol. The van der Waals surface area contributed by atoms with Gasteiger partial charge in [0.15, 0.2) is 0 Å². The molecule has 6 nitrogen and oxygen atoms in total. The van der Waals surface area contributed by atoms with Crippen molar-refractivity contribution in [3.8, 4) is 0 Å². The van der Waals surface area contributed by atoms with Crippen LogP contribution in [0.3, 0.4) is 0 Å². The lowest BCUT2D eigenvalue weighted by Crippen LogP contribution is -2.82. The number of ether oxygens (including phenoxy) is 1. The zero-order valence-corrected chi connectivity index (χ0v) is 14.2. The molecule has 0 spiro atoms. The lowest BCUT2D eigenvalue weighted by Gasteiger charge is -2.65. The highest BCUT2D eigenvalue weighted by Crippen LogP contribution is 2.57. The molecule has 2 aliphatic heterocycles. The molecule has 0 aromatic carbocycles. The molecule has 7 heteroatoms. The molecule has 126 valence electrons. The van der Waals surface area contributed by atoms with E-state index in [4.69, 9.17) is 10.5 Å². The van der Waals surface area contributed by atoms with Crippen LogP contribution in [-0.2, 0) is 14.3 Å². The van der Waals surface area contributed by atoms with Gasteiger partial charge in [0.25, 0.3) is 0 Å². The Morgan fingerprint density at radius 2 is 2.14 bits per heavy atom. The summed E-state index contributed by atoms with van der Waals surface area (Å²) in [5, 5.41) is 2.99. The smallest absolute Gasteiger partial charge is 0.241 e. The molecule has 1 aliphatic carbocycles. The maximum atomic E-state index is 12.8. The molecule has 4 unspecified atom stereocenters.